The number of hydrogen-bond acceptors (Lipinski definition) is 1. The van der Waals surface area contributed by atoms with Crippen LogP contribution in [0.5, 0.6) is 0 Å². The second-order valence-corrected chi connectivity index (χ2v) is 10.7. The van der Waals surface area contributed by atoms with Crippen molar-refractivity contribution >= 4 is 17.3 Å². The lowest BCUT2D eigenvalue weighted by molar-refractivity contribution is 0.405. The molecule has 3 nitrogen and oxygen atoms in total. The number of rotatable bonds is 8. The Morgan fingerprint density at radius 3 is 1.66 bits per heavy atom. The van der Waals surface area contributed by atoms with E-state index in [4.69, 9.17) is 4.99 Å². The summed E-state index contributed by atoms with van der Waals surface area (Å²) in [6.07, 6.45) is 0. The van der Waals surface area contributed by atoms with E-state index < -0.39 is 0 Å². The normalized spacial score (nSPS) is 11.7. The smallest absolute Gasteiger partial charge is 0.204 e. The molecule has 4 rings (SSSR count). The fourth-order valence-corrected chi connectivity index (χ4v) is 4.85. The summed E-state index contributed by atoms with van der Waals surface area (Å²) in [4.78, 5) is 7.81. The number of nitrogens with one attached hydrogen (secondary N) is 1. The highest BCUT2D eigenvalue weighted by molar-refractivity contribution is 5.97. The minimum absolute atomic E-state index is 0.372. The van der Waals surface area contributed by atoms with E-state index in [2.05, 4.69) is 149 Å². The first-order valence-corrected chi connectivity index (χ1v) is 13.7. The van der Waals surface area contributed by atoms with Gasteiger partial charge in [0.05, 0.1) is 5.69 Å². The molecule has 0 heterocycles. The number of aliphatic imine (C=N–C) groups is 1. The number of anilines is 1. The first-order chi connectivity index (χ1) is 18.3. The molecule has 0 aliphatic rings. The number of guanidine groups is 1. The van der Waals surface area contributed by atoms with Crippen LogP contribution in [-0.4, -0.2) is 10.9 Å². The lowest BCUT2D eigenvalue weighted by Gasteiger charge is -2.29. The van der Waals surface area contributed by atoms with Gasteiger partial charge in [0, 0.05) is 18.8 Å². The van der Waals surface area contributed by atoms with Crippen molar-refractivity contribution < 1.29 is 0 Å². The second-order valence-electron chi connectivity index (χ2n) is 10.7. The van der Waals surface area contributed by atoms with Crippen LogP contribution in [0.2, 0.25) is 0 Å². The van der Waals surface area contributed by atoms with Crippen LogP contribution in [0.3, 0.4) is 0 Å². The summed E-state index contributed by atoms with van der Waals surface area (Å²) in [6.45, 7) is 14.8. The summed E-state index contributed by atoms with van der Waals surface area (Å²) in [5.74, 6) is 1.63. The summed E-state index contributed by atoms with van der Waals surface area (Å²) in [6, 6.07) is 34.4. The Bertz CT molecular complexity index is 1310. The van der Waals surface area contributed by atoms with Crippen molar-refractivity contribution in [2.45, 2.75) is 66.5 Å². The van der Waals surface area contributed by atoms with Gasteiger partial charge in [-0.1, -0.05) is 125 Å². The van der Waals surface area contributed by atoms with Gasteiger partial charge in [-0.25, -0.2) is 4.99 Å². The molecule has 4 aromatic rings. The maximum atomic E-state index is 5.44. The number of para-hydroxylation sites is 2. The number of benzene rings is 4. The van der Waals surface area contributed by atoms with Gasteiger partial charge in [0.2, 0.25) is 5.96 Å². The molecule has 3 heteroatoms. The predicted octanol–water partition coefficient (Wildman–Crippen LogP) is 9.35. The van der Waals surface area contributed by atoms with E-state index in [9.17, 15) is 0 Å². The van der Waals surface area contributed by atoms with Crippen LogP contribution in [0.1, 0.15) is 72.9 Å². The molecule has 196 valence electrons. The minimum atomic E-state index is 0.372. The first-order valence-electron chi connectivity index (χ1n) is 13.7. The highest BCUT2D eigenvalue weighted by Crippen LogP contribution is 2.32. The summed E-state index contributed by atoms with van der Waals surface area (Å²) in [7, 11) is 0. The minimum Gasteiger partial charge on any atom is -0.334 e. The van der Waals surface area contributed by atoms with E-state index in [0.717, 1.165) is 30.4 Å². The predicted molar refractivity (Wildman–Crippen MR) is 163 cm³/mol. The molecule has 0 spiro atoms. The zero-order chi connectivity index (χ0) is 27.1. The SMILES string of the molecule is Cc1cccc(C(C)C)c1N=C(Nc1c(C)cccc1C(C)C)N(Cc1ccccc1)Cc1ccccc1. The van der Waals surface area contributed by atoms with Crippen molar-refractivity contribution in [2.24, 2.45) is 4.99 Å². The second kappa shape index (κ2) is 12.6. The van der Waals surface area contributed by atoms with Gasteiger partial charge >= 0.3 is 0 Å². The largest absolute Gasteiger partial charge is 0.334 e. The molecular weight excluding hydrogens is 462 g/mol. The van der Waals surface area contributed by atoms with Gasteiger partial charge in [-0.05, 0) is 59.1 Å². The van der Waals surface area contributed by atoms with Crippen molar-refractivity contribution in [1.82, 2.24) is 4.90 Å². The van der Waals surface area contributed by atoms with Crippen LogP contribution in [0.25, 0.3) is 0 Å². The Hall–Kier alpha value is -3.85. The van der Waals surface area contributed by atoms with Crippen LogP contribution in [0.4, 0.5) is 11.4 Å². The molecule has 0 unspecified atom stereocenters. The third-order valence-corrected chi connectivity index (χ3v) is 7.00. The summed E-state index contributed by atoms with van der Waals surface area (Å²) in [5.41, 5.74) is 9.66. The summed E-state index contributed by atoms with van der Waals surface area (Å²) >= 11 is 0. The number of aryl methyl sites for hydroxylation is 2. The Balaban J connectivity index is 1.90. The zero-order valence-corrected chi connectivity index (χ0v) is 23.7. The van der Waals surface area contributed by atoms with Crippen LogP contribution in [0.15, 0.2) is 102 Å². The molecule has 0 atom stereocenters. The quantitative estimate of drug-likeness (QED) is 0.192. The maximum absolute atomic E-state index is 5.44. The molecule has 0 amide bonds. The Morgan fingerprint density at radius 2 is 1.13 bits per heavy atom. The average molecular weight is 504 g/mol. The molecule has 0 saturated carbocycles. The summed E-state index contributed by atoms with van der Waals surface area (Å²) in [5, 5.41) is 3.86. The maximum Gasteiger partial charge on any atom is 0.204 e. The molecule has 4 aromatic carbocycles. The van der Waals surface area contributed by atoms with Gasteiger partial charge in [0.25, 0.3) is 0 Å². The standard InChI is InChI=1S/C35H41N3/c1-25(2)31-21-13-15-27(5)33(31)36-35(37-34-28(6)16-14-22-32(34)26(3)4)38(23-29-17-9-7-10-18-29)24-30-19-11-8-12-20-30/h7-22,25-26H,23-24H2,1-6H3,(H,36,37). The van der Waals surface area contributed by atoms with Crippen molar-refractivity contribution in [1.29, 1.82) is 0 Å². The third-order valence-electron chi connectivity index (χ3n) is 7.00. The lowest BCUT2D eigenvalue weighted by atomic mass is 9.98. The van der Waals surface area contributed by atoms with Gasteiger partial charge in [-0.3, -0.25) is 0 Å². The Labute approximate surface area is 229 Å². The highest BCUT2D eigenvalue weighted by atomic mass is 15.3. The molecule has 0 saturated heterocycles. The van der Waals surface area contributed by atoms with Crippen LogP contribution in [0, 0.1) is 13.8 Å². The fourth-order valence-electron chi connectivity index (χ4n) is 4.85. The monoisotopic (exact) mass is 503 g/mol. The van der Waals surface area contributed by atoms with Crippen LogP contribution in [-0.2, 0) is 13.1 Å². The fraction of sp³-hybridized carbons (Fsp3) is 0.286. The van der Waals surface area contributed by atoms with E-state index in [-0.39, 0.29) is 0 Å². The van der Waals surface area contributed by atoms with Crippen molar-refractivity contribution in [3.05, 3.63) is 130 Å². The van der Waals surface area contributed by atoms with E-state index in [0.29, 0.717) is 11.8 Å². The Morgan fingerprint density at radius 1 is 0.632 bits per heavy atom. The lowest BCUT2D eigenvalue weighted by Crippen LogP contribution is -2.36. The molecular formula is C35H41N3. The van der Waals surface area contributed by atoms with E-state index >= 15 is 0 Å². The van der Waals surface area contributed by atoms with Gasteiger partial charge in [-0.2, -0.15) is 0 Å². The molecule has 0 fully saturated rings. The topological polar surface area (TPSA) is 27.6 Å². The van der Waals surface area contributed by atoms with Crippen molar-refractivity contribution in [3.63, 3.8) is 0 Å². The van der Waals surface area contributed by atoms with Gasteiger partial charge in [0.15, 0.2) is 0 Å². The Kier molecular flexibility index (Phi) is 9.02. The molecule has 0 radical (unpaired) electrons. The van der Waals surface area contributed by atoms with E-state index in [1.807, 2.05) is 0 Å². The van der Waals surface area contributed by atoms with Gasteiger partial charge < -0.3 is 10.2 Å². The zero-order valence-electron chi connectivity index (χ0n) is 23.7. The molecule has 0 bridgehead atoms. The number of nitrogens with zero attached hydrogens (tertiary/aromatic N) is 2. The molecule has 0 aromatic heterocycles. The van der Waals surface area contributed by atoms with E-state index in [1.54, 1.807) is 0 Å². The molecule has 1 N–H and O–H groups in total. The molecule has 0 aliphatic heterocycles. The van der Waals surface area contributed by atoms with E-state index in [1.165, 1.54) is 33.4 Å². The van der Waals surface area contributed by atoms with Crippen molar-refractivity contribution in [3.8, 4) is 0 Å². The van der Waals surface area contributed by atoms with Gasteiger partial charge in [0.1, 0.15) is 0 Å². The average Bonchev–Trinajstić information content (AvgIpc) is 2.90. The van der Waals surface area contributed by atoms with Gasteiger partial charge in [-0.15, -0.1) is 0 Å². The van der Waals surface area contributed by atoms with Crippen LogP contribution >= 0.6 is 0 Å². The number of hydrogen-bond donors (Lipinski definition) is 1. The third kappa shape index (κ3) is 6.72. The first kappa shape index (κ1) is 27.2. The van der Waals surface area contributed by atoms with Crippen LogP contribution < -0.4 is 5.32 Å². The molecule has 0 aliphatic carbocycles. The summed E-state index contributed by atoms with van der Waals surface area (Å²) < 4.78 is 0. The van der Waals surface area contributed by atoms with Crippen molar-refractivity contribution in [2.75, 3.05) is 5.32 Å². The molecule has 38 heavy (non-hydrogen) atoms. The highest BCUT2D eigenvalue weighted by Gasteiger charge is 2.19.